The number of benzene rings is 2. The standard InChI is InChI=1S/C26H22N4O3.C2H6/c27-13-16-9-10-29-14-19(17-5-1-3-7-21(17)29)23-24(26(32)28-25(23)31)20-15-30(11-12-33-16)22-8-4-2-6-18(20)22;1-2/h1-8,13-16,27H,9-12H2,(H,28,31,32);1-2H3. The van der Waals surface area contributed by atoms with Crippen molar-refractivity contribution in [3.63, 3.8) is 0 Å². The summed E-state index contributed by atoms with van der Waals surface area (Å²) in [6.07, 6.45) is 5.57. The highest BCUT2D eigenvalue weighted by Gasteiger charge is 2.35. The lowest BCUT2D eigenvalue weighted by Gasteiger charge is -2.15. The van der Waals surface area contributed by atoms with Crippen LogP contribution in [-0.4, -0.2) is 39.9 Å². The van der Waals surface area contributed by atoms with E-state index in [1.807, 2.05) is 74.8 Å². The summed E-state index contributed by atoms with van der Waals surface area (Å²) in [6, 6.07) is 15.8. The summed E-state index contributed by atoms with van der Waals surface area (Å²) >= 11 is 0. The zero-order valence-corrected chi connectivity index (χ0v) is 19.9. The van der Waals surface area contributed by atoms with Gasteiger partial charge in [-0.1, -0.05) is 50.2 Å². The summed E-state index contributed by atoms with van der Waals surface area (Å²) in [5.74, 6) is -0.746. The van der Waals surface area contributed by atoms with Crippen molar-refractivity contribution in [3.05, 3.63) is 72.1 Å². The van der Waals surface area contributed by atoms with Crippen LogP contribution in [0.4, 0.5) is 0 Å². The second-order valence-corrected chi connectivity index (χ2v) is 8.40. The Hall–Kier alpha value is -3.97. The first kappa shape index (κ1) is 22.8. The minimum absolute atomic E-state index is 0.301. The van der Waals surface area contributed by atoms with E-state index in [0.717, 1.165) is 32.9 Å². The predicted octanol–water partition coefficient (Wildman–Crippen LogP) is 4.63. The number of aryl methyl sites for hydroxylation is 1. The molecule has 0 saturated heterocycles. The van der Waals surface area contributed by atoms with Crippen molar-refractivity contribution in [3.8, 4) is 0 Å². The number of fused-ring (bicyclic) bond motifs is 12. The van der Waals surface area contributed by atoms with E-state index in [1.165, 1.54) is 6.21 Å². The quantitative estimate of drug-likeness (QED) is 0.315. The summed E-state index contributed by atoms with van der Waals surface area (Å²) in [4.78, 5) is 26.2. The maximum atomic E-state index is 13.1. The Balaban J connectivity index is 0.00000124. The first-order valence-electron chi connectivity index (χ1n) is 12.0. The van der Waals surface area contributed by atoms with Gasteiger partial charge in [0.05, 0.1) is 23.9 Å². The summed E-state index contributed by atoms with van der Waals surface area (Å²) < 4.78 is 10.2. The molecular formula is C28H28N4O3. The van der Waals surface area contributed by atoms with Crippen molar-refractivity contribution in [1.29, 1.82) is 5.41 Å². The van der Waals surface area contributed by atoms with Crippen LogP contribution in [0.15, 0.2) is 60.9 Å². The molecule has 4 bridgehead atoms. The van der Waals surface area contributed by atoms with E-state index in [0.29, 0.717) is 37.3 Å². The van der Waals surface area contributed by atoms with Gasteiger partial charge in [0.15, 0.2) is 0 Å². The van der Waals surface area contributed by atoms with Crippen LogP contribution in [0.2, 0.25) is 0 Å². The van der Waals surface area contributed by atoms with Gasteiger partial charge in [-0.05, 0) is 18.6 Å². The van der Waals surface area contributed by atoms with Crippen LogP contribution in [0.3, 0.4) is 0 Å². The number of hydrogen-bond acceptors (Lipinski definition) is 4. The molecule has 4 aromatic rings. The third kappa shape index (κ3) is 3.78. The smallest absolute Gasteiger partial charge is 0.259 e. The number of nitrogens with zero attached hydrogens (tertiary/aromatic N) is 2. The van der Waals surface area contributed by atoms with E-state index in [1.54, 1.807) is 0 Å². The topological polar surface area (TPSA) is 89.1 Å². The molecule has 1 atom stereocenters. The third-order valence-corrected chi connectivity index (χ3v) is 6.55. The van der Waals surface area contributed by atoms with Crippen molar-refractivity contribution in [2.24, 2.45) is 0 Å². The molecule has 2 aromatic heterocycles. The van der Waals surface area contributed by atoms with E-state index in [4.69, 9.17) is 10.1 Å². The minimum Gasteiger partial charge on any atom is -0.371 e. The molecule has 7 heteroatoms. The lowest BCUT2D eigenvalue weighted by molar-refractivity contribution is -0.122. The van der Waals surface area contributed by atoms with Crippen LogP contribution in [-0.2, 0) is 27.4 Å². The summed E-state index contributed by atoms with van der Waals surface area (Å²) in [7, 11) is 0. The molecule has 35 heavy (non-hydrogen) atoms. The van der Waals surface area contributed by atoms with Gasteiger partial charge in [0, 0.05) is 64.6 Å². The van der Waals surface area contributed by atoms with Crippen LogP contribution in [0.5, 0.6) is 0 Å². The zero-order valence-electron chi connectivity index (χ0n) is 19.9. The van der Waals surface area contributed by atoms with Crippen molar-refractivity contribution in [1.82, 2.24) is 14.5 Å². The first-order chi connectivity index (χ1) is 17.2. The molecule has 0 aliphatic carbocycles. The van der Waals surface area contributed by atoms with Gasteiger partial charge in [-0.3, -0.25) is 14.9 Å². The Morgan fingerprint density at radius 1 is 0.857 bits per heavy atom. The number of carbonyl (C=O) groups is 2. The lowest BCUT2D eigenvalue weighted by atomic mass is 9.95. The number of ether oxygens (including phenoxy) is 1. The SMILES string of the molecule is CC.N=CC1CCn2cc(c3ccccc32)C2=C(C(=O)NC2=O)c2cn(c3ccccc23)CCO1. The van der Waals surface area contributed by atoms with E-state index in [9.17, 15) is 9.59 Å². The van der Waals surface area contributed by atoms with Gasteiger partial charge in [0.1, 0.15) is 0 Å². The van der Waals surface area contributed by atoms with Gasteiger partial charge in [0.25, 0.3) is 11.8 Å². The van der Waals surface area contributed by atoms with Gasteiger partial charge >= 0.3 is 0 Å². The molecule has 2 aliphatic heterocycles. The fourth-order valence-electron chi connectivity index (χ4n) is 5.01. The van der Waals surface area contributed by atoms with Crippen LogP contribution < -0.4 is 5.32 Å². The van der Waals surface area contributed by atoms with E-state index >= 15 is 0 Å². The number of aromatic nitrogens is 2. The van der Waals surface area contributed by atoms with Crippen molar-refractivity contribution in [2.45, 2.75) is 39.5 Å². The van der Waals surface area contributed by atoms with Crippen molar-refractivity contribution in [2.75, 3.05) is 6.61 Å². The molecule has 0 spiro atoms. The number of hydrogen-bond donors (Lipinski definition) is 2. The monoisotopic (exact) mass is 468 g/mol. The normalized spacial score (nSPS) is 18.1. The average Bonchev–Trinajstić information content (AvgIpc) is 3.52. The zero-order chi connectivity index (χ0) is 24.5. The Bertz CT molecular complexity index is 1490. The molecule has 6 rings (SSSR count). The highest BCUT2D eigenvalue weighted by molar-refractivity contribution is 6.50. The largest absolute Gasteiger partial charge is 0.371 e. The van der Waals surface area contributed by atoms with Crippen molar-refractivity contribution < 1.29 is 14.3 Å². The van der Waals surface area contributed by atoms with Gasteiger partial charge in [-0.2, -0.15) is 0 Å². The molecule has 2 N–H and O–H groups in total. The van der Waals surface area contributed by atoms with Gasteiger partial charge in [-0.25, -0.2) is 0 Å². The van der Waals surface area contributed by atoms with Gasteiger partial charge in [-0.15, -0.1) is 0 Å². The Labute approximate surface area is 203 Å². The molecule has 7 nitrogen and oxygen atoms in total. The third-order valence-electron chi connectivity index (χ3n) is 6.55. The fraction of sp³-hybridized carbons (Fsp3) is 0.250. The first-order valence-corrected chi connectivity index (χ1v) is 12.0. The average molecular weight is 469 g/mol. The molecular weight excluding hydrogens is 440 g/mol. The summed E-state index contributed by atoms with van der Waals surface area (Å²) in [5, 5.41) is 12.2. The highest BCUT2D eigenvalue weighted by Crippen LogP contribution is 2.39. The van der Waals surface area contributed by atoms with Gasteiger partial charge < -0.3 is 19.3 Å². The van der Waals surface area contributed by atoms with Crippen molar-refractivity contribution >= 4 is 51.0 Å². The summed E-state index contributed by atoms with van der Waals surface area (Å²) in [5.41, 5.74) is 4.25. The minimum atomic E-state index is -0.373. The molecule has 0 radical (unpaired) electrons. The fourth-order valence-corrected chi connectivity index (χ4v) is 5.01. The number of amides is 2. The predicted molar refractivity (Wildman–Crippen MR) is 138 cm³/mol. The maximum absolute atomic E-state index is 13.1. The molecule has 4 heterocycles. The Kier molecular flexibility index (Phi) is 6.09. The highest BCUT2D eigenvalue weighted by atomic mass is 16.5. The number of nitrogens with one attached hydrogen (secondary N) is 2. The second kappa shape index (κ2) is 9.35. The van der Waals surface area contributed by atoms with E-state index in [-0.39, 0.29) is 17.9 Å². The second-order valence-electron chi connectivity index (χ2n) is 8.40. The van der Waals surface area contributed by atoms with Crippen LogP contribution in [0.1, 0.15) is 31.4 Å². The van der Waals surface area contributed by atoms with E-state index < -0.39 is 0 Å². The Morgan fingerprint density at radius 2 is 1.37 bits per heavy atom. The number of para-hydroxylation sites is 2. The van der Waals surface area contributed by atoms with Crippen LogP contribution >= 0.6 is 0 Å². The molecule has 2 aliphatic rings. The van der Waals surface area contributed by atoms with Crippen LogP contribution in [0, 0.1) is 5.41 Å². The molecule has 0 fully saturated rings. The molecule has 178 valence electrons. The number of imide groups is 1. The molecule has 2 aromatic carbocycles. The van der Waals surface area contributed by atoms with Gasteiger partial charge in [0.2, 0.25) is 0 Å². The summed E-state index contributed by atoms with van der Waals surface area (Å²) in [6.45, 7) is 5.65. The lowest BCUT2D eigenvalue weighted by Crippen LogP contribution is -2.22. The number of carbonyl (C=O) groups excluding carboxylic acids is 2. The van der Waals surface area contributed by atoms with E-state index in [2.05, 4.69) is 14.5 Å². The van der Waals surface area contributed by atoms with Crippen LogP contribution in [0.25, 0.3) is 33.0 Å². The molecule has 2 amide bonds. The maximum Gasteiger partial charge on any atom is 0.259 e. The molecule has 0 saturated carbocycles. The molecule has 1 unspecified atom stereocenters. The Morgan fingerprint density at radius 3 is 1.91 bits per heavy atom. The number of rotatable bonds is 1.